The molecule has 1 N–H and O–H groups in total. The summed E-state index contributed by atoms with van der Waals surface area (Å²) in [6.45, 7) is 3.30. The van der Waals surface area contributed by atoms with Gasteiger partial charge in [0.25, 0.3) is 10.0 Å². The maximum Gasteiger partial charge on any atom is 0.264 e. The van der Waals surface area contributed by atoms with Gasteiger partial charge >= 0.3 is 0 Å². The molecule has 3 aromatic carbocycles. The van der Waals surface area contributed by atoms with Gasteiger partial charge in [-0.05, 0) is 55.3 Å². The summed E-state index contributed by atoms with van der Waals surface area (Å²) in [6.07, 6.45) is 0.710. The van der Waals surface area contributed by atoms with Gasteiger partial charge in [-0.25, -0.2) is 12.8 Å². The van der Waals surface area contributed by atoms with Gasteiger partial charge in [0.1, 0.15) is 24.2 Å². The van der Waals surface area contributed by atoms with Gasteiger partial charge < -0.3 is 15.0 Å². The maximum atomic E-state index is 13.8. The molecule has 3 rings (SSSR count). The lowest BCUT2D eigenvalue weighted by atomic mass is 10.1. The van der Waals surface area contributed by atoms with Crippen LogP contribution >= 0.6 is 0 Å². The summed E-state index contributed by atoms with van der Waals surface area (Å²) in [5.74, 6) is -1.16. The summed E-state index contributed by atoms with van der Waals surface area (Å²) in [5.41, 5.74) is 0.765. The van der Waals surface area contributed by atoms with Crippen molar-refractivity contribution in [2.75, 3.05) is 24.5 Å². The topological polar surface area (TPSA) is 96.0 Å². The van der Waals surface area contributed by atoms with Crippen LogP contribution in [0.1, 0.15) is 25.8 Å². The summed E-state index contributed by atoms with van der Waals surface area (Å²) in [4.78, 5) is 28.0. The molecule has 0 radical (unpaired) electrons. The number of anilines is 1. The van der Waals surface area contributed by atoms with Crippen molar-refractivity contribution in [3.63, 3.8) is 0 Å². The van der Waals surface area contributed by atoms with Gasteiger partial charge in [0.2, 0.25) is 11.8 Å². The summed E-state index contributed by atoms with van der Waals surface area (Å²) in [5, 5.41) is 2.78. The van der Waals surface area contributed by atoms with E-state index in [9.17, 15) is 22.4 Å². The highest BCUT2D eigenvalue weighted by Gasteiger charge is 2.33. The monoisotopic (exact) mass is 541 g/mol. The van der Waals surface area contributed by atoms with Crippen molar-refractivity contribution in [1.82, 2.24) is 10.2 Å². The average Bonchev–Trinajstić information content (AvgIpc) is 2.94. The minimum absolute atomic E-state index is 0.00229. The zero-order chi connectivity index (χ0) is 27.7. The van der Waals surface area contributed by atoms with Gasteiger partial charge in [0.05, 0.1) is 17.7 Å². The number of hydrogen-bond acceptors (Lipinski definition) is 5. The van der Waals surface area contributed by atoms with Crippen molar-refractivity contribution in [1.29, 1.82) is 0 Å². The van der Waals surface area contributed by atoms with Gasteiger partial charge in [-0.3, -0.25) is 13.9 Å². The molecule has 0 saturated heterocycles. The van der Waals surface area contributed by atoms with Crippen molar-refractivity contribution in [2.24, 2.45) is 0 Å². The average molecular weight is 542 g/mol. The van der Waals surface area contributed by atoms with E-state index in [4.69, 9.17) is 4.74 Å². The molecule has 0 spiro atoms. The standard InChI is InChI=1S/C28H32FN3O5S/c1-4-18-30-28(34)21(2)31(19-22-14-16-23(29)17-15-22)27(33)20-32(25-12-8-9-13-26(25)37-3)38(35,36)24-10-6-5-7-11-24/h5-17,21H,4,18-20H2,1-3H3,(H,30,34). The fraction of sp³-hybridized carbons (Fsp3) is 0.286. The van der Waals surface area contributed by atoms with Crippen LogP contribution in [-0.2, 0) is 26.2 Å². The second kappa shape index (κ2) is 13.0. The molecule has 0 aliphatic heterocycles. The minimum atomic E-state index is -4.20. The van der Waals surface area contributed by atoms with Crippen LogP contribution in [0, 0.1) is 5.82 Å². The smallest absolute Gasteiger partial charge is 0.264 e. The van der Waals surface area contributed by atoms with Crippen LogP contribution in [0.2, 0.25) is 0 Å². The van der Waals surface area contributed by atoms with Crippen molar-refractivity contribution >= 4 is 27.5 Å². The van der Waals surface area contributed by atoms with Gasteiger partial charge in [0, 0.05) is 13.1 Å². The van der Waals surface area contributed by atoms with E-state index in [0.717, 1.165) is 4.31 Å². The molecule has 8 nitrogen and oxygen atoms in total. The molecule has 1 unspecified atom stereocenters. The zero-order valence-corrected chi connectivity index (χ0v) is 22.4. The predicted octanol–water partition coefficient (Wildman–Crippen LogP) is 3.97. The Bertz CT molecular complexity index is 1330. The summed E-state index contributed by atoms with van der Waals surface area (Å²) in [6, 6.07) is 18.9. The van der Waals surface area contributed by atoms with E-state index in [1.54, 1.807) is 49.4 Å². The van der Waals surface area contributed by atoms with Crippen molar-refractivity contribution in [3.8, 4) is 5.75 Å². The van der Waals surface area contributed by atoms with Crippen molar-refractivity contribution < 1.29 is 27.1 Å². The fourth-order valence-electron chi connectivity index (χ4n) is 3.83. The molecule has 202 valence electrons. The van der Waals surface area contributed by atoms with E-state index >= 15 is 0 Å². The fourth-order valence-corrected chi connectivity index (χ4v) is 5.28. The molecule has 38 heavy (non-hydrogen) atoms. The third-order valence-corrected chi connectivity index (χ3v) is 7.72. The maximum absolute atomic E-state index is 13.8. The molecule has 0 saturated carbocycles. The number of methoxy groups -OCH3 is 1. The lowest BCUT2D eigenvalue weighted by Crippen LogP contribution is -2.51. The summed E-state index contributed by atoms with van der Waals surface area (Å²) < 4.78 is 47.4. The largest absolute Gasteiger partial charge is 0.495 e. The molecule has 1 atom stereocenters. The van der Waals surface area contributed by atoms with Crippen LogP contribution in [0.3, 0.4) is 0 Å². The van der Waals surface area contributed by atoms with Crippen LogP contribution in [0.15, 0.2) is 83.8 Å². The highest BCUT2D eigenvalue weighted by atomic mass is 32.2. The minimum Gasteiger partial charge on any atom is -0.495 e. The Balaban J connectivity index is 2.04. The summed E-state index contributed by atoms with van der Waals surface area (Å²) >= 11 is 0. The highest BCUT2D eigenvalue weighted by Crippen LogP contribution is 2.32. The number of carbonyl (C=O) groups is 2. The number of ether oxygens (including phenoxy) is 1. The van der Waals surface area contributed by atoms with E-state index in [1.165, 1.54) is 48.4 Å². The van der Waals surface area contributed by atoms with Crippen LogP contribution < -0.4 is 14.4 Å². The van der Waals surface area contributed by atoms with Gasteiger partial charge in [-0.1, -0.05) is 49.4 Å². The highest BCUT2D eigenvalue weighted by molar-refractivity contribution is 7.92. The Labute approximate surface area is 223 Å². The molecule has 10 heteroatoms. The number of benzene rings is 3. The van der Waals surface area contributed by atoms with E-state index in [-0.39, 0.29) is 28.8 Å². The normalized spacial score (nSPS) is 11.9. The molecule has 0 heterocycles. The third-order valence-electron chi connectivity index (χ3n) is 5.95. The molecule has 3 aromatic rings. The Morgan fingerprint density at radius 1 is 0.974 bits per heavy atom. The predicted molar refractivity (Wildman–Crippen MR) is 144 cm³/mol. The van der Waals surface area contributed by atoms with Gasteiger partial charge in [-0.15, -0.1) is 0 Å². The lowest BCUT2D eigenvalue weighted by molar-refractivity contribution is -0.139. The number of hydrogen-bond donors (Lipinski definition) is 1. The lowest BCUT2D eigenvalue weighted by Gasteiger charge is -2.32. The zero-order valence-electron chi connectivity index (χ0n) is 21.6. The van der Waals surface area contributed by atoms with E-state index < -0.39 is 34.3 Å². The van der Waals surface area contributed by atoms with Gasteiger partial charge in [0.15, 0.2) is 0 Å². The Hall–Kier alpha value is -3.92. The molecule has 0 aromatic heterocycles. The molecule has 0 aliphatic rings. The van der Waals surface area contributed by atoms with Crippen LogP contribution in [0.5, 0.6) is 5.75 Å². The van der Waals surface area contributed by atoms with Crippen LogP contribution in [0.4, 0.5) is 10.1 Å². The van der Waals surface area contributed by atoms with Crippen molar-refractivity contribution in [2.45, 2.75) is 37.8 Å². The van der Waals surface area contributed by atoms with Crippen LogP contribution in [0.25, 0.3) is 0 Å². The number of halogens is 1. The quantitative estimate of drug-likeness (QED) is 0.374. The number of sulfonamides is 1. The molecule has 2 amide bonds. The first-order chi connectivity index (χ1) is 18.2. The second-order valence-electron chi connectivity index (χ2n) is 8.61. The second-order valence-corrected chi connectivity index (χ2v) is 10.5. The van der Waals surface area contributed by atoms with E-state index in [2.05, 4.69) is 5.32 Å². The Kier molecular flexibility index (Phi) is 9.84. The number of rotatable bonds is 12. The Morgan fingerprint density at radius 3 is 2.24 bits per heavy atom. The third kappa shape index (κ3) is 6.89. The molecule has 0 fully saturated rings. The van der Waals surface area contributed by atoms with E-state index in [0.29, 0.717) is 18.5 Å². The number of amides is 2. The number of nitrogens with zero attached hydrogens (tertiary/aromatic N) is 2. The van der Waals surface area contributed by atoms with Gasteiger partial charge in [-0.2, -0.15) is 0 Å². The molecular weight excluding hydrogens is 509 g/mol. The van der Waals surface area contributed by atoms with Crippen molar-refractivity contribution in [3.05, 3.63) is 90.2 Å². The first kappa shape index (κ1) is 28.6. The first-order valence-electron chi connectivity index (χ1n) is 12.2. The van der Waals surface area contributed by atoms with E-state index in [1.807, 2.05) is 6.92 Å². The SMILES string of the molecule is CCCNC(=O)C(C)N(Cc1ccc(F)cc1)C(=O)CN(c1ccccc1OC)S(=O)(=O)c1ccccc1. The number of para-hydroxylation sites is 2. The first-order valence-corrected chi connectivity index (χ1v) is 13.7. The molecular formula is C28H32FN3O5S. The number of nitrogens with one attached hydrogen (secondary N) is 1. The van der Waals surface area contributed by atoms with Crippen LogP contribution in [-0.4, -0.2) is 51.4 Å². The molecule has 0 bridgehead atoms. The summed E-state index contributed by atoms with van der Waals surface area (Å²) in [7, 11) is -2.79. The number of carbonyl (C=O) groups excluding carboxylic acids is 2. The molecule has 0 aliphatic carbocycles. The Morgan fingerprint density at radius 2 is 1.61 bits per heavy atom.